The summed E-state index contributed by atoms with van der Waals surface area (Å²) in [5.41, 5.74) is 5.12. The summed E-state index contributed by atoms with van der Waals surface area (Å²) in [7, 11) is 0. The summed E-state index contributed by atoms with van der Waals surface area (Å²) in [6, 6.07) is 6.48. The predicted octanol–water partition coefficient (Wildman–Crippen LogP) is 3.28. The minimum absolute atomic E-state index is 0.116. The molecule has 1 aromatic rings. The van der Waals surface area contributed by atoms with Crippen LogP contribution in [-0.2, 0) is 16.0 Å². The van der Waals surface area contributed by atoms with Crippen molar-refractivity contribution in [3.63, 3.8) is 0 Å². The van der Waals surface area contributed by atoms with Crippen LogP contribution in [0.2, 0.25) is 0 Å². The number of hydrogen-bond donors (Lipinski definition) is 0. The Balaban J connectivity index is 2.12. The molecule has 2 nitrogen and oxygen atoms in total. The van der Waals surface area contributed by atoms with E-state index in [4.69, 9.17) is 4.74 Å². The molecular formula is C15H18O2. The van der Waals surface area contributed by atoms with Gasteiger partial charge in [0.1, 0.15) is 0 Å². The summed E-state index contributed by atoms with van der Waals surface area (Å²) in [4.78, 5) is 11.4. The first-order chi connectivity index (χ1) is 8.19. The molecule has 0 saturated carbocycles. The zero-order chi connectivity index (χ0) is 12.3. The molecule has 0 bridgehead atoms. The minimum atomic E-state index is -0.116. The maximum atomic E-state index is 11.4. The van der Waals surface area contributed by atoms with Gasteiger partial charge in [-0.2, -0.15) is 0 Å². The van der Waals surface area contributed by atoms with Crippen molar-refractivity contribution >= 4 is 12.0 Å². The molecule has 0 aliphatic heterocycles. The largest absolute Gasteiger partial charge is 0.466 e. The number of ether oxygens (including phenoxy) is 1. The van der Waals surface area contributed by atoms with Gasteiger partial charge in [-0.25, -0.2) is 0 Å². The molecule has 0 heterocycles. The third-order valence-corrected chi connectivity index (χ3v) is 3.05. The lowest BCUT2D eigenvalue weighted by Crippen LogP contribution is -2.08. The molecule has 2 rings (SSSR count). The summed E-state index contributed by atoms with van der Waals surface area (Å²) < 4.78 is 4.97. The van der Waals surface area contributed by atoms with Crippen molar-refractivity contribution in [2.75, 3.05) is 6.61 Å². The average molecular weight is 230 g/mol. The molecule has 0 spiro atoms. The minimum Gasteiger partial charge on any atom is -0.466 e. The smallest absolute Gasteiger partial charge is 0.309 e. The molecule has 90 valence electrons. The number of carbonyl (C=O) groups is 1. The predicted molar refractivity (Wildman–Crippen MR) is 68.7 cm³/mol. The molecule has 0 atom stereocenters. The van der Waals surface area contributed by atoms with Gasteiger partial charge < -0.3 is 4.74 Å². The van der Waals surface area contributed by atoms with Crippen molar-refractivity contribution in [1.82, 2.24) is 0 Å². The van der Waals surface area contributed by atoms with Crippen LogP contribution in [0.25, 0.3) is 6.08 Å². The van der Waals surface area contributed by atoms with Crippen LogP contribution in [0.15, 0.2) is 23.8 Å². The van der Waals surface area contributed by atoms with Crippen molar-refractivity contribution in [3.05, 3.63) is 40.5 Å². The van der Waals surface area contributed by atoms with Gasteiger partial charge in [0, 0.05) is 0 Å². The molecule has 2 heteroatoms. The number of benzene rings is 1. The van der Waals surface area contributed by atoms with Crippen LogP contribution in [0.3, 0.4) is 0 Å². The summed E-state index contributed by atoms with van der Waals surface area (Å²) in [6.07, 6.45) is 4.56. The van der Waals surface area contributed by atoms with Crippen LogP contribution < -0.4 is 0 Å². The van der Waals surface area contributed by atoms with Crippen LogP contribution in [0, 0.1) is 6.92 Å². The number of esters is 1. The van der Waals surface area contributed by atoms with Crippen molar-refractivity contribution in [2.45, 2.75) is 33.1 Å². The van der Waals surface area contributed by atoms with Gasteiger partial charge in [0.25, 0.3) is 0 Å². The van der Waals surface area contributed by atoms with Crippen molar-refractivity contribution in [1.29, 1.82) is 0 Å². The Morgan fingerprint density at radius 3 is 2.94 bits per heavy atom. The van der Waals surface area contributed by atoms with Gasteiger partial charge in [0.2, 0.25) is 0 Å². The number of carbonyl (C=O) groups excluding carboxylic acids is 1. The molecule has 1 aromatic carbocycles. The zero-order valence-electron chi connectivity index (χ0n) is 10.5. The molecule has 1 aliphatic rings. The summed E-state index contributed by atoms with van der Waals surface area (Å²) in [6.45, 7) is 4.41. The summed E-state index contributed by atoms with van der Waals surface area (Å²) >= 11 is 0. The summed E-state index contributed by atoms with van der Waals surface area (Å²) in [5.74, 6) is -0.116. The van der Waals surface area contributed by atoms with E-state index in [2.05, 4.69) is 31.2 Å². The topological polar surface area (TPSA) is 26.3 Å². The lowest BCUT2D eigenvalue weighted by atomic mass is 9.90. The van der Waals surface area contributed by atoms with E-state index in [1.165, 1.54) is 22.3 Å². The van der Waals surface area contributed by atoms with E-state index in [0.29, 0.717) is 13.0 Å². The van der Waals surface area contributed by atoms with E-state index >= 15 is 0 Å². The van der Waals surface area contributed by atoms with Crippen LogP contribution in [0.4, 0.5) is 0 Å². The van der Waals surface area contributed by atoms with Crippen molar-refractivity contribution in [2.24, 2.45) is 0 Å². The standard InChI is InChI=1S/C15H18O2/c1-3-17-15(16)10-12-5-7-13-8-11(2)4-6-14(13)9-12/h4,6,8-9H,3,5,7,10H2,1-2H3. The second-order valence-corrected chi connectivity index (χ2v) is 4.49. The number of rotatable bonds is 3. The fourth-order valence-electron chi connectivity index (χ4n) is 2.22. The van der Waals surface area contributed by atoms with Crippen LogP contribution >= 0.6 is 0 Å². The maximum Gasteiger partial charge on any atom is 0.309 e. The van der Waals surface area contributed by atoms with Gasteiger partial charge in [-0.15, -0.1) is 0 Å². The molecule has 0 aromatic heterocycles. The van der Waals surface area contributed by atoms with Gasteiger partial charge in [0.05, 0.1) is 13.0 Å². The Morgan fingerprint density at radius 2 is 2.18 bits per heavy atom. The highest BCUT2D eigenvalue weighted by molar-refractivity contribution is 5.75. The fourth-order valence-corrected chi connectivity index (χ4v) is 2.22. The van der Waals surface area contributed by atoms with Crippen molar-refractivity contribution < 1.29 is 9.53 Å². The fraction of sp³-hybridized carbons (Fsp3) is 0.400. The third-order valence-electron chi connectivity index (χ3n) is 3.05. The molecular weight excluding hydrogens is 212 g/mol. The van der Waals surface area contributed by atoms with Gasteiger partial charge in [-0.3, -0.25) is 4.79 Å². The SMILES string of the molecule is CCOC(=O)CC1=Cc2ccc(C)cc2CC1. The highest BCUT2D eigenvalue weighted by Crippen LogP contribution is 2.26. The van der Waals surface area contributed by atoms with Crippen LogP contribution in [0.1, 0.15) is 36.5 Å². The Morgan fingerprint density at radius 1 is 1.35 bits per heavy atom. The van der Waals surface area contributed by atoms with E-state index in [0.717, 1.165) is 12.8 Å². The molecule has 0 fully saturated rings. The molecule has 0 radical (unpaired) electrons. The lowest BCUT2D eigenvalue weighted by molar-refractivity contribution is -0.142. The molecule has 1 aliphatic carbocycles. The zero-order valence-corrected chi connectivity index (χ0v) is 10.5. The van der Waals surface area contributed by atoms with E-state index in [1.807, 2.05) is 6.92 Å². The molecule has 0 unspecified atom stereocenters. The number of aryl methyl sites for hydroxylation is 2. The Hall–Kier alpha value is -1.57. The normalized spacial score (nSPS) is 13.9. The van der Waals surface area contributed by atoms with E-state index in [-0.39, 0.29) is 5.97 Å². The summed E-state index contributed by atoms with van der Waals surface area (Å²) in [5, 5.41) is 0. The Kier molecular flexibility index (Phi) is 3.62. The van der Waals surface area contributed by atoms with Gasteiger partial charge in [0.15, 0.2) is 0 Å². The molecule has 0 saturated heterocycles. The van der Waals surface area contributed by atoms with E-state index in [1.54, 1.807) is 0 Å². The Labute approximate surface area is 102 Å². The van der Waals surface area contributed by atoms with Gasteiger partial charge in [-0.1, -0.05) is 35.4 Å². The first kappa shape index (κ1) is 11.9. The van der Waals surface area contributed by atoms with Gasteiger partial charge in [-0.05, 0) is 37.8 Å². The molecule has 17 heavy (non-hydrogen) atoms. The van der Waals surface area contributed by atoms with Crippen LogP contribution in [-0.4, -0.2) is 12.6 Å². The second-order valence-electron chi connectivity index (χ2n) is 4.49. The van der Waals surface area contributed by atoms with E-state index in [9.17, 15) is 4.79 Å². The average Bonchev–Trinajstić information content (AvgIpc) is 2.29. The van der Waals surface area contributed by atoms with Gasteiger partial charge >= 0.3 is 5.97 Å². The quantitative estimate of drug-likeness (QED) is 0.745. The Bertz CT molecular complexity index is 458. The highest BCUT2D eigenvalue weighted by Gasteiger charge is 2.13. The number of fused-ring (bicyclic) bond motifs is 1. The van der Waals surface area contributed by atoms with Crippen molar-refractivity contribution in [3.8, 4) is 0 Å². The third kappa shape index (κ3) is 2.96. The van der Waals surface area contributed by atoms with Crippen LogP contribution in [0.5, 0.6) is 0 Å². The first-order valence-electron chi connectivity index (χ1n) is 6.13. The monoisotopic (exact) mass is 230 g/mol. The molecule has 0 N–H and O–H groups in total. The maximum absolute atomic E-state index is 11.4. The van der Waals surface area contributed by atoms with E-state index < -0.39 is 0 Å². The number of hydrogen-bond acceptors (Lipinski definition) is 2. The lowest BCUT2D eigenvalue weighted by Gasteiger charge is -2.16. The molecule has 0 amide bonds. The first-order valence-corrected chi connectivity index (χ1v) is 6.13. The second kappa shape index (κ2) is 5.17. The highest BCUT2D eigenvalue weighted by atomic mass is 16.5.